The van der Waals surface area contributed by atoms with Crippen LogP contribution >= 0.6 is 34.8 Å². The maximum atomic E-state index is 12.7. The van der Waals surface area contributed by atoms with E-state index in [2.05, 4.69) is 10.6 Å². The van der Waals surface area contributed by atoms with Crippen molar-refractivity contribution in [3.63, 3.8) is 0 Å². The molecule has 0 bridgehead atoms. The average Bonchev–Trinajstić information content (AvgIpc) is 3.36. The van der Waals surface area contributed by atoms with Crippen LogP contribution in [0.3, 0.4) is 0 Å². The van der Waals surface area contributed by atoms with E-state index in [0.29, 0.717) is 39.3 Å². The molecule has 2 aromatic carbocycles. The highest BCUT2D eigenvalue weighted by atomic mass is 35.5. The third-order valence-electron chi connectivity index (χ3n) is 4.31. The summed E-state index contributed by atoms with van der Waals surface area (Å²) in [4.78, 5) is 25.3. The van der Waals surface area contributed by atoms with Gasteiger partial charge in [-0.2, -0.15) is 0 Å². The largest absolute Gasteiger partial charge is 0.325 e. The van der Waals surface area contributed by atoms with E-state index in [9.17, 15) is 9.59 Å². The number of hydrogen-bond acceptors (Lipinski definition) is 2. The fourth-order valence-corrected chi connectivity index (χ4v) is 3.13. The maximum absolute atomic E-state index is 12.7. The summed E-state index contributed by atoms with van der Waals surface area (Å²) in [6.07, 6.45) is 0.963. The molecular formula is C18H15Cl3N2O2. The van der Waals surface area contributed by atoms with Crippen LogP contribution in [-0.4, -0.2) is 11.8 Å². The molecule has 0 atom stereocenters. The number of rotatable bonds is 4. The summed E-state index contributed by atoms with van der Waals surface area (Å²) in [7, 11) is 0. The molecule has 1 fully saturated rings. The molecule has 7 heteroatoms. The van der Waals surface area contributed by atoms with Crippen molar-refractivity contribution < 1.29 is 9.59 Å². The van der Waals surface area contributed by atoms with Crippen molar-refractivity contribution in [1.82, 2.24) is 0 Å². The van der Waals surface area contributed by atoms with Gasteiger partial charge in [-0.15, -0.1) is 0 Å². The van der Waals surface area contributed by atoms with Crippen molar-refractivity contribution in [1.29, 1.82) is 0 Å². The van der Waals surface area contributed by atoms with E-state index in [-0.39, 0.29) is 11.8 Å². The molecule has 0 heterocycles. The minimum absolute atomic E-state index is 0.322. The van der Waals surface area contributed by atoms with Crippen molar-refractivity contribution >= 4 is 58.0 Å². The van der Waals surface area contributed by atoms with Crippen molar-refractivity contribution in [3.05, 3.63) is 57.0 Å². The first-order valence-electron chi connectivity index (χ1n) is 7.66. The van der Waals surface area contributed by atoms with Crippen molar-refractivity contribution in [2.45, 2.75) is 19.8 Å². The quantitative estimate of drug-likeness (QED) is 0.687. The maximum Gasteiger partial charge on any atom is 0.240 e. The zero-order chi connectivity index (χ0) is 18.2. The van der Waals surface area contributed by atoms with Crippen LogP contribution in [0.4, 0.5) is 11.4 Å². The molecule has 4 nitrogen and oxygen atoms in total. The lowest BCUT2D eigenvalue weighted by atomic mass is 10.0. The normalized spacial score (nSPS) is 14.7. The highest BCUT2D eigenvalue weighted by molar-refractivity contribution is 6.37. The molecule has 0 aromatic heterocycles. The minimum Gasteiger partial charge on any atom is -0.325 e. The first-order chi connectivity index (χ1) is 11.8. The van der Waals surface area contributed by atoms with E-state index in [1.165, 1.54) is 6.07 Å². The number of nitrogens with one attached hydrogen (secondary N) is 2. The Labute approximate surface area is 160 Å². The first kappa shape index (κ1) is 18.1. The summed E-state index contributed by atoms with van der Waals surface area (Å²) in [5.41, 5.74) is 0.696. The molecule has 130 valence electrons. The molecule has 0 saturated heterocycles. The van der Waals surface area contributed by atoms with Gasteiger partial charge in [-0.25, -0.2) is 0 Å². The van der Waals surface area contributed by atoms with Gasteiger partial charge in [0.05, 0.1) is 10.7 Å². The Hall–Kier alpha value is -1.75. The second-order valence-electron chi connectivity index (χ2n) is 6.03. The summed E-state index contributed by atoms with van der Waals surface area (Å²) in [6, 6.07) is 10.0. The molecule has 1 saturated carbocycles. The highest BCUT2D eigenvalue weighted by Crippen LogP contribution is 2.48. The Morgan fingerprint density at radius 3 is 2.16 bits per heavy atom. The topological polar surface area (TPSA) is 58.2 Å². The molecule has 0 spiro atoms. The molecule has 2 amide bonds. The molecular weight excluding hydrogens is 383 g/mol. The Bertz CT molecular complexity index is 863. The highest BCUT2D eigenvalue weighted by Gasteiger charge is 2.56. The summed E-state index contributed by atoms with van der Waals surface area (Å²) < 4.78 is 0. The number of anilines is 2. The lowest BCUT2D eigenvalue weighted by Gasteiger charge is -2.17. The molecule has 0 radical (unpaired) electrons. The zero-order valence-electron chi connectivity index (χ0n) is 13.3. The Kier molecular flexibility index (Phi) is 4.96. The molecule has 1 aliphatic rings. The van der Waals surface area contributed by atoms with Crippen molar-refractivity contribution in [2.75, 3.05) is 10.6 Å². The minimum atomic E-state index is -1.09. The van der Waals surface area contributed by atoms with E-state index < -0.39 is 5.41 Å². The predicted octanol–water partition coefficient (Wildman–Crippen LogP) is 5.31. The SMILES string of the molecule is Cc1c(Cl)cccc1NC(=O)C1(C(=O)Nc2ccc(Cl)cc2Cl)CC1. The molecule has 0 unspecified atom stereocenters. The molecule has 25 heavy (non-hydrogen) atoms. The summed E-state index contributed by atoms with van der Waals surface area (Å²) in [5, 5.41) is 6.87. The van der Waals surface area contributed by atoms with Gasteiger partial charge in [-0.05, 0) is 55.7 Å². The summed E-state index contributed by atoms with van der Waals surface area (Å²) >= 11 is 18.0. The zero-order valence-corrected chi connectivity index (χ0v) is 15.6. The molecule has 0 aliphatic heterocycles. The standard InChI is InChI=1S/C18H15Cl3N2O2/c1-10-12(20)3-2-4-14(10)22-16(24)18(7-8-18)17(25)23-15-6-5-11(19)9-13(15)21/h2-6,9H,7-8H2,1H3,(H,22,24)(H,23,25). The Balaban J connectivity index is 1.76. The number of amides is 2. The number of carbonyl (C=O) groups is 2. The average molecular weight is 398 g/mol. The Morgan fingerprint density at radius 2 is 1.56 bits per heavy atom. The van der Waals surface area contributed by atoms with Gasteiger partial charge in [0.15, 0.2) is 0 Å². The van der Waals surface area contributed by atoms with Crippen LogP contribution in [0.15, 0.2) is 36.4 Å². The van der Waals surface area contributed by atoms with Gasteiger partial charge < -0.3 is 10.6 Å². The van der Waals surface area contributed by atoms with Gasteiger partial charge in [0.2, 0.25) is 11.8 Å². The van der Waals surface area contributed by atoms with Gasteiger partial charge in [0, 0.05) is 15.7 Å². The van der Waals surface area contributed by atoms with Gasteiger partial charge in [0.25, 0.3) is 0 Å². The van der Waals surface area contributed by atoms with Gasteiger partial charge in [0.1, 0.15) is 5.41 Å². The summed E-state index contributed by atoms with van der Waals surface area (Å²) in [5.74, 6) is -0.727. The van der Waals surface area contributed by atoms with Crippen molar-refractivity contribution in [3.8, 4) is 0 Å². The monoisotopic (exact) mass is 396 g/mol. The number of carbonyl (C=O) groups excluding carboxylic acids is 2. The fourth-order valence-electron chi connectivity index (χ4n) is 2.50. The van der Waals surface area contributed by atoms with E-state index in [0.717, 1.165) is 5.56 Å². The third-order valence-corrected chi connectivity index (χ3v) is 5.27. The van der Waals surface area contributed by atoms with Gasteiger partial charge in [-0.1, -0.05) is 40.9 Å². The molecule has 1 aliphatic carbocycles. The number of benzene rings is 2. The molecule has 2 N–H and O–H groups in total. The smallest absolute Gasteiger partial charge is 0.240 e. The van der Waals surface area contributed by atoms with E-state index >= 15 is 0 Å². The number of halogens is 3. The second kappa shape index (κ2) is 6.87. The van der Waals surface area contributed by atoms with E-state index in [4.69, 9.17) is 34.8 Å². The van der Waals surface area contributed by atoms with Crippen LogP contribution in [0.25, 0.3) is 0 Å². The Morgan fingerprint density at radius 1 is 0.920 bits per heavy atom. The lowest BCUT2D eigenvalue weighted by Crippen LogP contribution is -2.35. The predicted molar refractivity (Wildman–Crippen MR) is 102 cm³/mol. The van der Waals surface area contributed by atoms with E-state index in [1.54, 1.807) is 30.3 Å². The van der Waals surface area contributed by atoms with Crippen LogP contribution in [0.1, 0.15) is 18.4 Å². The second-order valence-corrected chi connectivity index (χ2v) is 7.28. The van der Waals surface area contributed by atoms with Crippen LogP contribution < -0.4 is 10.6 Å². The third kappa shape index (κ3) is 3.61. The molecule has 3 rings (SSSR count). The van der Waals surface area contributed by atoms with Crippen LogP contribution in [-0.2, 0) is 9.59 Å². The van der Waals surface area contributed by atoms with Crippen LogP contribution in [0.5, 0.6) is 0 Å². The van der Waals surface area contributed by atoms with Crippen LogP contribution in [0, 0.1) is 12.3 Å². The number of hydrogen-bond donors (Lipinski definition) is 2. The van der Waals surface area contributed by atoms with E-state index in [1.807, 2.05) is 6.92 Å². The van der Waals surface area contributed by atoms with Crippen LogP contribution in [0.2, 0.25) is 15.1 Å². The molecule has 2 aromatic rings. The lowest BCUT2D eigenvalue weighted by molar-refractivity contribution is -0.131. The van der Waals surface area contributed by atoms with Crippen molar-refractivity contribution in [2.24, 2.45) is 5.41 Å². The fraction of sp³-hybridized carbons (Fsp3) is 0.222. The first-order valence-corrected chi connectivity index (χ1v) is 8.80. The summed E-state index contributed by atoms with van der Waals surface area (Å²) in [6.45, 7) is 1.81. The van der Waals surface area contributed by atoms with Gasteiger partial charge >= 0.3 is 0 Å². The van der Waals surface area contributed by atoms with Gasteiger partial charge in [-0.3, -0.25) is 9.59 Å².